The number of carbonyl (C=O) groups excluding carboxylic acids is 1. The second kappa shape index (κ2) is 3.23. The van der Waals surface area contributed by atoms with Gasteiger partial charge in [0.1, 0.15) is 6.29 Å². The Kier molecular flexibility index (Phi) is 2.48. The van der Waals surface area contributed by atoms with Crippen LogP contribution in [0.2, 0.25) is 19.6 Å². The van der Waals surface area contributed by atoms with Crippen molar-refractivity contribution in [1.29, 1.82) is 0 Å². The van der Waals surface area contributed by atoms with E-state index in [1.807, 2.05) is 18.2 Å². The van der Waals surface area contributed by atoms with Crippen molar-refractivity contribution in [2.24, 2.45) is 0 Å². The van der Waals surface area contributed by atoms with Crippen LogP contribution in [0.1, 0.15) is 10.4 Å². The van der Waals surface area contributed by atoms with Crippen molar-refractivity contribution in [2.75, 3.05) is 0 Å². The fraction of sp³-hybridized carbons (Fsp3) is 0.300. The fourth-order valence-corrected chi connectivity index (χ4v) is 2.27. The quantitative estimate of drug-likeness (QED) is 0.500. The third-order valence-electron chi connectivity index (χ3n) is 1.89. The number of aldehydes is 1. The standard InChI is InChI=1S/C10H14OSi/c1-12(2,3)10-6-4-5-9(7-10)8-11/h4-8H,1-3H3/q-1. The Hall–Kier alpha value is -0.893. The Balaban J connectivity index is 3.10. The fourth-order valence-electron chi connectivity index (χ4n) is 1.08. The molecular formula is C10H14OSi-. The molecule has 0 aromatic heterocycles. The van der Waals surface area contributed by atoms with Gasteiger partial charge in [0, 0.05) is 5.56 Å². The van der Waals surface area contributed by atoms with Crippen molar-refractivity contribution in [2.45, 2.75) is 19.6 Å². The zero-order valence-corrected chi connectivity index (χ0v) is 8.79. The molecule has 0 unspecified atom stereocenters. The Bertz CT molecular complexity index is 286. The molecule has 65 valence electrons. The summed E-state index contributed by atoms with van der Waals surface area (Å²) in [4.78, 5) is 10.5. The molecule has 1 aromatic carbocycles. The molecule has 0 aliphatic rings. The minimum absolute atomic E-state index is 0.787. The largest absolute Gasteiger partial charge is 0.298 e. The molecule has 0 atom stereocenters. The highest BCUT2D eigenvalue weighted by Crippen LogP contribution is 2.03. The summed E-state index contributed by atoms with van der Waals surface area (Å²) in [5.74, 6) is 0. The molecule has 0 spiro atoms. The smallest absolute Gasteiger partial charge is 0.149 e. The van der Waals surface area contributed by atoms with Gasteiger partial charge in [-0.15, -0.1) is 8.07 Å². The van der Waals surface area contributed by atoms with E-state index in [-0.39, 0.29) is 0 Å². The molecule has 0 saturated heterocycles. The first-order valence-electron chi connectivity index (χ1n) is 4.10. The predicted octanol–water partition coefficient (Wildman–Crippen LogP) is 2.04. The summed E-state index contributed by atoms with van der Waals surface area (Å²) in [7, 11) is -1.24. The van der Waals surface area contributed by atoms with E-state index < -0.39 is 8.07 Å². The van der Waals surface area contributed by atoms with Crippen LogP contribution in [0, 0.1) is 0 Å². The Labute approximate surface area is 74.4 Å². The van der Waals surface area contributed by atoms with Crippen LogP contribution in [0.4, 0.5) is 0 Å². The van der Waals surface area contributed by atoms with Gasteiger partial charge in [-0.1, -0.05) is 24.3 Å². The average Bonchev–Trinajstić information content (AvgIpc) is 2.03. The maximum atomic E-state index is 10.5. The Morgan fingerprint density at radius 1 is 1.25 bits per heavy atom. The van der Waals surface area contributed by atoms with E-state index in [1.165, 1.54) is 5.19 Å². The minimum Gasteiger partial charge on any atom is -0.298 e. The van der Waals surface area contributed by atoms with Gasteiger partial charge in [0.05, 0.1) is 0 Å². The lowest BCUT2D eigenvalue weighted by Crippen LogP contribution is -2.37. The van der Waals surface area contributed by atoms with Crippen LogP contribution in [0.15, 0.2) is 24.3 Å². The van der Waals surface area contributed by atoms with Crippen LogP contribution in [-0.4, -0.2) is 14.4 Å². The van der Waals surface area contributed by atoms with Crippen molar-refractivity contribution in [1.82, 2.24) is 0 Å². The van der Waals surface area contributed by atoms with Gasteiger partial charge in [-0.3, -0.25) is 4.79 Å². The summed E-state index contributed by atoms with van der Waals surface area (Å²) in [5, 5.41) is 1.34. The minimum atomic E-state index is -1.24. The van der Waals surface area contributed by atoms with Crippen LogP contribution in [-0.2, 0) is 0 Å². The van der Waals surface area contributed by atoms with Crippen molar-refractivity contribution < 1.29 is 4.79 Å². The van der Waals surface area contributed by atoms with E-state index in [2.05, 4.69) is 25.7 Å². The van der Waals surface area contributed by atoms with E-state index in [0.717, 1.165) is 11.8 Å². The van der Waals surface area contributed by atoms with Gasteiger partial charge in [0.15, 0.2) is 0 Å². The van der Waals surface area contributed by atoms with E-state index in [9.17, 15) is 4.79 Å². The lowest BCUT2D eigenvalue weighted by molar-refractivity contribution is 0.112. The van der Waals surface area contributed by atoms with E-state index in [4.69, 9.17) is 0 Å². The molecule has 0 heterocycles. The third-order valence-corrected chi connectivity index (χ3v) is 3.93. The van der Waals surface area contributed by atoms with E-state index in [0.29, 0.717) is 0 Å². The first-order chi connectivity index (χ1) is 5.54. The zero-order valence-electron chi connectivity index (χ0n) is 7.79. The first-order valence-corrected chi connectivity index (χ1v) is 7.60. The molecule has 1 aromatic rings. The van der Waals surface area contributed by atoms with Gasteiger partial charge in [-0.05, 0) is 0 Å². The summed E-state index contributed by atoms with van der Waals surface area (Å²) >= 11 is 0. The van der Waals surface area contributed by atoms with E-state index in [1.54, 1.807) is 0 Å². The van der Waals surface area contributed by atoms with Crippen molar-refractivity contribution in [3.8, 4) is 0 Å². The van der Waals surface area contributed by atoms with E-state index >= 15 is 0 Å². The van der Waals surface area contributed by atoms with Gasteiger partial charge < -0.3 is 0 Å². The molecule has 1 nitrogen and oxygen atoms in total. The number of carbonyl (C=O) groups is 1. The molecule has 0 fully saturated rings. The molecule has 0 aliphatic carbocycles. The average molecular weight is 178 g/mol. The molecule has 0 saturated carbocycles. The van der Waals surface area contributed by atoms with Crippen LogP contribution in [0.5, 0.6) is 0 Å². The number of hydrogen-bond acceptors (Lipinski definition) is 1. The maximum Gasteiger partial charge on any atom is 0.149 e. The summed E-state index contributed by atoms with van der Waals surface area (Å²) in [6.45, 7) is 6.82. The van der Waals surface area contributed by atoms with Crippen LogP contribution in [0.3, 0.4) is 0 Å². The summed E-state index contributed by atoms with van der Waals surface area (Å²) in [5.41, 5.74) is 0.787. The SMILES string of the molecule is C[Si-](C)(C)c1cccc(C=O)c1. The highest BCUT2D eigenvalue weighted by molar-refractivity contribution is 6.88. The molecule has 2 heteroatoms. The topological polar surface area (TPSA) is 17.1 Å². The van der Waals surface area contributed by atoms with Crippen molar-refractivity contribution >= 4 is 19.5 Å². The zero-order chi connectivity index (χ0) is 9.19. The summed E-state index contributed by atoms with van der Waals surface area (Å²) in [6.07, 6.45) is 0.906. The normalized spacial score (nSPS) is 11.2. The van der Waals surface area contributed by atoms with Crippen LogP contribution in [0.25, 0.3) is 0 Å². The lowest BCUT2D eigenvalue weighted by Gasteiger charge is -2.29. The molecule has 0 amide bonds. The highest BCUT2D eigenvalue weighted by atomic mass is 28.3. The lowest BCUT2D eigenvalue weighted by atomic mass is 10.2. The Morgan fingerprint density at radius 3 is 2.42 bits per heavy atom. The molecule has 12 heavy (non-hydrogen) atoms. The number of benzene rings is 1. The molecule has 1 rings (SSSR count). The summed E-state index contributed by atoms with van der Waals surface area (Å²) < 4.78 is 0. The van der Waals surface area contributed by atoms with Crippen LogP contribution >= 0.6 is 0 Å². The first kappa shape index (κ1) is 9.20. The molecule has 0 N–H and O–H groups in total. The molecular weight excluding hydrogens is 164 g/mol. The van der Waals surface area contributed by atoms with Crippen LogP contribution < -0.4 is 5.19 Å². The maximum absolute atomic E-state index is 10.5. The highest BCUT2D eigenvalue weighted by Gasteiger charge is 2.03. The summed E-state index contributed by atoms with van der Waals surface area (Å²) in [6, 6.07) is 7.91. The van der Waals surface area contributed by atoms with Gasteiger partial charge in [-0.25, -0.2) is 0 Å². The monoisotopic (exact) mass is 178 g/mol. The van der Waals surface area contributed by atoms with Crippen molar-refractivity contribution in [3.63, 3.8) is 0 Å². The number of rotatable bonds is 2. The van der Waals surface area contributed by atoms with Gasteiger partial charge in [0.25, 0.3) is 0 Å². The molecule has 0 radical (unpaired) electrons. The predicted molar refractivity (Wildman–Crippen MR) is 54.8 cm³/mol. The molecule has 0 bridgehead atoms. The van der Waals surface area contributed by atoms with Gasteiger partial charge in [0.2, 0.25) is 0 Å². The second-order valence-corrected chi connectivity index (χ2v) is 9.07. The Morgan fingerprint density at radius 2 is 1.92 bits per heavy atom. The van der Waals surface area contributed by atoms with Crippen molar-refractivity contribution in [3.05, 3.63) is 29.8 Å². The van der Waals surface area contributed by atoms with Gasteiger partial charge >= 0.3 is 0 Å². The molecule has 0 aliphatic heterocycles. The third kappa shape index (κ3) is 2.05. The van der Waals surface area contributed by atoms with Gasteiger partial charge in [-0.2, -0.15) is 24.8 Å². The number of hydrogen-bond donors (Lipinski definition) is 0. The second-order valence-electron chi connectivity index (χ2n) is 3.99.